The number of nitrogens with one attached hydrogen (secondary N) is 2. The summed E-state index contributed by atoms with van der Waals surface area (Å²) in [6.45, 7) is 1.57. The van der Waals surface area contributed by atoms with Crippen LogP contribution in [-0.2, 0) is 11.2 Å². The van der Waals surface area contributed by atoms with Crippen LogP contribution < -0.4 is 11.2 Å². The highest BCUT2D eigenvalue weighted by molar-refractivity contribution is 7.18. The molecular weight excluding hydrogens is 252 g/mol. The standard InChI is InChI=1S/C12H12N2O3S/c1-5(15)4-6-2-3-7-8(6)9-10(16)13-12(17)14-11(9)18-7/h6H,2-4H2,1H3,(H2,13,14,16,17). The van der Waals surface area contributed by atoms with Gasteiger partial charge in [-0.05, 0) is 31.2 Å². The third-order valence-corrected chi connectivity index (χ3v) is 4.55. The fourth-order valence-corrected chi connectivity index (χ4v) is 4.02. The van der Waals surface area contributed by atoms with E-state index in [4.69, 9.17) is 0 Å². The number of ketones is 1. The van der Waals surface area contributed by atoms with Crippen LogP contribution in [0.3, 0.4) is 0 Å². The highest BCUT2D eigenvalue weighted by Crippen LogP contribution is 2.43. The van der Waals surface area contributed by atoms with E-state index in [0.717, 1.165) is 23.3 Å². The molecule has 0 amide bonds. The van der Waals surface area contributed by atoms with Gasteiger partial charge in [-0.2, -0.15) is 0 Å². The van der Waals surface area contributed by atoms with Crippen LogP contribution >= 0.6 is 11.3 Å². The summed E-state index contributed by atoms with van der Waals surface area (Å²) in [6, 6.07) is 0. The first-order valence-electron chi connectivity index (χ1n) is 5.83. The Labute approximate surface area is 106 Å². The van der Waals surface area contributed by atoms with Gasteiger partial charge in [0.2, 0.25) is 0 Å². The zero-order chi connectivity index (χ0) is 12.9. The molecule has 0 bridgehead atoms. The molecule has 1 atom stereocenters. The number of aromatic nitrogens is 2. The van der Waals surface area contributed by atoms with Gasteiger partial charge in [0.05, 0.1) is 5.39 Å². The van der Waals surface area contributed by atoms with Crippen LogP contribution in [0.1, 0.15) is 36.1 Å². The number of aryl methyl sites for hydroxylation is 1. The number of carbonyl (C=O) groups is 1. The molecule has 0 saturated heterocycles. The Bertz CT molecular complexity index is 753. The summed E-state index contributed by atoms with van der Waals surface area (Å²) < 4.78 is 0. The van der Waals surface area contributed by atoms with Crippen molar-refractivity contribution in [1.82, 2.24) is 9.97 Å². The lowest BCUT2D eigenvalue weighted by atomic mass is 9.96. The summed E-state index contributed by atoms with van der Waals surface area (Å²) in [5.74, 6) is 0.256. The molecule has 3 rings (SSSR count). The fraction of sp³-hybridized carbons (Fsp3) is 0.417. The molecule has 6 heteroatoms. The van der Waals surface area contributed by atoms with Crippen LogP contribution in [-0.4, -0.2) is 15.8 Å². The second kappa shape index (κ2) is 3.91. The van der Waals surface area contributed by atoms with Gasteiger partial charge in [-0.25, -0.2) is 4.79 Å². The van der Waals surface area contributed by atoms with E-state index in [-0.39, 0.29) is 17.3 Å². The van der Waals surface area contributed by atoms with E-state index in [0.29, 0.717) is 16.6 Å². The summed E-state index contributed by atoms with van der Waals surface area (Å²) in [6.07, 6.45) is 2.26. The van der Waals surface area contributed by atoms with Crippen molar-refractivity contribution in [3.05, 3.63) is 31.3 Å². The van der Waals surface area contributed by atoms with E-state index >= 15 is 0 Å². The zero-order valence-corrected chi connectivity index (χ0v) is 10.6. The van der Waals surface area contributed by atoms with Crippen molar-refractivity contribution in [2.75, 3.05) is 0 Å². The molecule has 1 aliphatic rings. The van der Waals surface area contributed by atoms with Gasteiger partial charge in [0.1, 0.15) is 10.6 Å². The summed E-state index contributed by atoms with van der Waals surface area (Å²) in [5.41, 5.74) is 0.153. The second-order valence-electron chi connectivity index (χ2n) is 4.69. The third kappa shape index (κ3) is 1.64. The van der Waals surface area contributed by atoms with Crippen LogP contribution in [0.15, 0.2) is 9.59 Å². The van der Waals surface area contributed by atoms with Gasteiger partial charge < -0.3 is 4.79 Å². The Balaban J connectivity index is 2.26. The van der Waals surface area contributed by atoms with Crippen LogP contribution in [0.2, 0.25) is 0 Å². The number of hydrogen-bond donors (Lipinski definition) is 2. The third-order valence-electron chi connectivity index (χ3n) is 3.37. The Morgan fingerprint density at radius 3 is 2.89 bits per heavy atom. The van der Waals surface area contributed by atoms with Crippen LogP contribution in [0, 0.1) is 0 Å². The van der Waals surface area contributed by atoms with E-state index in [1.165, 1.54) is 11.3 Å². The maximum absolute atomic E-state index is 11.9. The maximum Gasteiger partial charge on any atom is 0.326 e. The van der Waals surface area contributed by atoms with Crippen molar-refractivity contribution in [3.8, 4) is 0 Å². The molecule has 0 aromatic carbocycles. The van der Waals surface area contributed by atoms with E-state index in [1.54, 1.807) is 6.92 Å². The molecule has 0 fully saturated rings. The minimum atomic E-state index is -0.476. The lowest BCUT2D eigenvalue weighted by Crippen LogP contribution is -2.21. The molecule has 2 aromatic heterocycles. The van der Waals surface area contributed by atoms with Gasteiger partial charge in [-0.1, -0.05) is 0 Å². The predicted octanol–water partition coefficient (Wildman–Crippen LogP) is 1.29. The van der Waals surface area contributed by atoms with Crippen molar-refractivity contribution in [3.63, 3.8) is 0 Å². The van der Waals surface area contributed by atoms with Crippen LogP contribution in [0.4, 0.5) is 0 Å². The predicted molar refractivity (Wildman–Crippen MR) is 69.4 cm³/mol. The monoisotopic (exact) mass is 264 g/mol. The molecule has 5 nitrogen and oxygen atoms in total. The van der Waals surface area contributed by atoms with E-state index in [1.807, 2.05) is 0 Å². The van der Waals surface area contributed by atoms with Crippen molar-refractivity contribution >= 4 is 27.3 Å². The Hall–Kier alpha value is -1.69. The number of H-pyrrole nitrogens is 2. The lowest BCUT2D eigenvalue weighted by molar-refractivity contribution is -0.117. The first-order valence-corrected chi connectivity index (χ1v) is 6.65. The minimum Gasteiger partial charge on any atom is -0.300 e. The zero-order valence-electron chi connectivity index (χ0n) is 9.83. The number of aromatic amines is 2. The van der Waals surface area contributed by atoms with Gasteiger partial charge >= 0.3 is 5.69 Å². The molecule has 0 aliphatic heterocycles. The van der Waals surface area contributed by atoms with Gasteiger partial charge in [0.25, 0.3) is 5.56 Å². The van der Waals surface area contributed by atoms with E-state index in [9.17, 15) is 14.4 Å². The van der Waals surface area contributed by atoms with Gasteiger partial charge in [0.15, 0.2) is 0 Å². The number of hydrogen-bond acceptors (Lipinski definition) is 4. The highest BCUT2D eigenvalue weighted by atomic mass is 32.1. The molecule has 0 saturated carbocycles. The molecule has 18 heavy (non-hydrogen) atoms. The average Bonchev–Trinajstić information content (AvgIpc) is 2.77. The van der Waals surface area contributed by atoms with Crippen molar-refractivity contribution < 1.29 is 4.79 Å². The summed E-state index contributed by atoms with van der Waals surface area (Å²) in [4.78, 5) is 41.1. The molecule has 0 radical (unpaired) electrons. The number of rotatable bonds is 2. The molecule has 0 spiro atoms. The molecular formula is C12H12N2O3S. The first-order chi connectivity index (χ1) is 8.56. The highest BCUT2D eigenvalue weighted by Gasteiger charge is 2.29. The molecule has 2 N–H and O–H groups in total. The van der Waals surface area contributed by atoms with Crippen LogP contribution in [0.25, 0.3) is 10.2 Å². The lowest BCUT2D eigenvalue weighted by Gasteiger charge is -2.07. The summed E-state index contributed by atoms with van der Waals surface area (Å²) in [5, 5.41) is 0.568. The number of carbonyl (C=O) groups excluding carboxylic acids is 1. The van der Waals surface area contributed by atoms with Crippen molar-refractivity contribution in [2.45, 2.75) is 32.1 Å². The van der Waals surface area contributed by atoms with Gasteiger partial charge in [-0.15, -0.1) is 11.3 Å². The SMILES string of the molecule is CC(=O)CC1CCc2sc3[nH]c(=O)[nH]c(=O)c3c21. The number of thiophene rings is 1. The topological polar surface area (TPSA) is 82.8 Å². The molecule has 2 aromatic rings. The quantitative estimate of drug-likeness (QED) is 0.857. The van der Waals surface area contributed by atoms with Crippen molar-refractivity contribution in [2.24, 2.45) is 0 Å². The van der Waals surface area contributed by atoms with Gasteiger partial charge in [-0.3, -0.25) is 14.8 Å². The summed E-state index contributed by atoms with van der Waals surface area (Å²) >= 11 is 1.46. The van der Waals surface area contributed by atoms with Gasteiger partial charge in [0, 0.05) is 11.3 Å². The maximum atomic E-state index is 11.9. The molecule has 1 unspecified atom stereocenters. The van der Waals surface area contributed by atoms with E-state index in [2.05, 4.69) is 9.97 Å². The second-order valence-corrected chi connectivity index (χ2v) is 5.80. The smallest absolute Gasteiger partial charge is 0.300 e. The van der Waals surface area contributed by atoms with Crippen molar-refractivity contribution in [1.29, 1.82) is 0 Å². The molecule has 2 heterocycles. The summed E-state index contributed by atoms with van der Waals surface area (Å²) in [7, 11) is 0. The normalized spacial score (nSPS) is 18.2. The van der Waals surface area contributed by atoms with Crippen LogP contribution in [0.5, 0.6) is 0 Å². The Morgan fingerprint density at radius 1 is 1.39 bits per heavy atom. The Kier molecular flexibility index (Phi) is 2.48. The largest absolute Gasteiger partial charge is 0.326 e. The first kappa shape index (κ1) is 11.4. The average molecular weight is 264 g/mol. The molecule has 94 valence electrons. The number of Topliss-reactive ketones (excluding diaryl/α,β-unsaturated/α-hetero) is 1. The Morgan fingerprint density at radius 2 is 2.17 bits per heavy atom. The van der Waals surface area contributed by atoms with E-state index < -0.39 is 5.69 Å². The molecule has 1 aliphatic carbocycles. The number of fused-ring (bicyclic) bond motifs is 3. The minimum absolute atomic E-state index is 0.123. The fourth-order valence-electron chi connectivity index (χ4n) is 2.72.